The molecule has 2 aromatic heterocycles. The van der Waals surface area contributed by atoms with Crippen molar-refractivity contribution >= 4 is 11.8 Å². The molecule has 32 heavy (non-hydrogen) atoms. The van der Waals surface area contributed by atoms with E-state index in [4.69, 9.17) is 4.74 Å². The number of methoxy groups -OCH3 is 1. The number of hydrogen-bond acceptors (Lipinski definition) is 5. The van der Waals surface area contributed by atoms with Crippen molar-refractivity contribution in [3.05, 3.63) is 30.1 Å². The molecule has 0 unspecified atom stereocenters. The Kier molecular flexibility index (Phi) is 7.07. The number of aromatic amines is 1. The summed E-state index contributed by atoms with van der Waals surface area (Å²) >= 11 is 0. The maximum absolute atomic E-state index is 12.9. The smallest absolute Gasteiger partial charge is 0.274 e. The van der Waals surface area contributed by atoms with Gasteiger partial charge in [-0.15, -0.1) is 0 Å². The van der Waals surface area contributed by atoms with Crippen molar-refractivity contribution in [3.63, 3.8) is 0 Å². The van der Waals surface area contributed by atoms with Gasteiger partial charge in [-0.1, -0.05) is 13.3 Å². The molecule has 8 nitrogen and oxygen atoms in total. The maximum atomic E-state index is 12.9. The van der Waals surface area contributed by atoms with E-state index < -0.39 is 0 Å². The lowest BCUT2D eigenvalue weighted by Gasteiger charge is -2.33. The Hall–Kier alpha value is -2.90. The summed E-state index contributed by atoms with van der Waals surface area (Å²) in [5.41, 5.74) is 1.97. The molecule has 0 bridgehead atoms. The molecule has 1 aliphatic heterocycles. The molecule has 2 N–H and O–H groups in total. The first-order valence-electron chi connectivity index (χ1n) is 11.7. The summed E-state index contributed by atoms with van der Waals surface area (Å²) in [5, 5.41) is 10.4. The minimum absolute atomic E-state index is 0.0121. The van der Waals surface area contributed by atoms with Crippen LogP contribution in [0.5, 0.6) is 5.88 Å². The number of nitrogens with one attached hydrogen (secondary N) is 2. The molecule has 2 fully saturated rings. The number of carbonyl (C=O) groups excluding carboxylic acids is 2. The van der Waals surface area contributed by atoms with E-state index in [1.165, 1.54) is 19.3 Å². The second kappa shape index (κ2) is 10.1. The fourth-order valence-electron chi connectivity index (χ4n) is 4.81. The highest BCUT2D eigenvalue weighted by Crippen LogP contribution is 2.28. The number of aromatic nitrogens is 3. The molecule has 1 saturated carbocycles. The fraction of sp³-hybridized carbons (Fsp3) is 0.583. The third-order valence-electron chi connectivity index (χ3n) is 6.98. The van der Waals surface area contributed by atoms with Crippen LogP contribution >= 0.6 is 0 Å². The second-order valence-electron chi connectivity index (χ2n) is 8.95. The van der Waals surface area contributed by atoms with Crippen LogP contribution in [0.4, 0.5) is 0 Å². The van der Waals surface area contributed by atoms with E-state index in [0.717, 1.165) is 30.0 Å². The van der Waals surface area contributed by atoms with Crippen LogP contribution in [0.1, 0.15) is 62.4 Å². The zero-order chi connectivity index (χ0) is 22.5. The molecule has 8 heteroatoms. The van der Waals surface area contributed by atoms with Crippen molar-refractivity contribution in [2.45, 2.75) is 57.9 Å². The SMILES string of the molecule is CCC1CCC(NC(=O)C2CCN(C(=O)c3cc(-c4ccnc(OC)c4)[nH]n3)CC2)CC1. The topological polar surface area (TPSA) is 100 Å². The van der Waals surface area contributed by atoms with Crippen LogP contribution in [0.2, 0.25) is 0 Å². The minimum Gasteiger partial charge on any atom is -0.481 e. The summed E-state index contributed by atoms with van der Waals surface area (Å²) in [5.74, 6) is 1.36. The van der Waals surface area contributed by atoms with Gasteiger partial charge in [0.25, 0.3) is 5.91 Å². The van der Waals surface area contributed by atoms with E-state index in [-0.39, 0.29) is 17.7 Å². The monoisotopic (exact) mass is 439 g/mol. The standard InChI is InChI=1S/C24H33N5O3/c1-3-16-4-6-19(7-5-16)26-23(30)17-9-12-29(13-10-17)24(31)21-15-20(27-28-21)18-8-11-25-22(14-18)32-2/h8,11,14-17,19H,3-7,9-10,12-13H2,1-2H3,(H,26,30)(H,27,28). The highest BCUT2D eigenvalue weighted by atomic mass is 16.5. The molecule has 4 rings (SSSR count). The number of piperidine rings is 1. The second-order valence-corrected chi connectivity index (χ2v) is 8.95. The van der Waals surface area contributed by atoms with Crippen molar-refractivity contribution in [1.29, 1.82) is 0 Å². The Morgan fingerprint density at radius 3 is 2.59 bits per heavy atom. The van der Waals surface area contributed by atoms with Gasteiger partial charge in [0.15, 0.2) is 5.69 Å². The van der Waals surface area contributed by atoms with Crippen LogP contribution in [-0.2, 0) is 4.79 Å². The van der Waals surface area contributed by atoms with Gasteiger partial charge in [-0.05, 0) is 56.6 Å². The van der Waals surface area contributed by atoms with Crippen molar-refractivity contribution in [2.75, 3.05) is 20.2 Å². The molecular weight excluding hydrogens is 406 g/mol. The van der Waals surface area contributed by atoms with Gasteiger partial charge in [-0.3, -0.25) is 14.7 Å². The molecule has 1 aliphatic carbocycles. The van der Waals surface area contributed by atoms with Crippen LogP contribution < -0.4 is 10.1 Å². The molecule has 0 radical (unpaired) electrons. The number of carbonyl (C=O) groups is 2. The number of H-pyrrole nitrogens is 1. The number of ether oxygens (including phenoxy) is 1. The predicted molar refractivity (Wildman–Crippen MR) is 121 cm³/mol. The van der Waals surface area contributed by atoms with E-state index in [2.05, 4.69) is 27.4 Å². The van der Waals surface area contributed by atoms with Crippen molar-refractivity contribution in [1.82, 2.24) is 25.4 Å². The highest BCUT2D eigenvalue weighted by molar-refractivity contribution is 5.93. The normalized spacial score (nSPS) is 21.9. The van der Waals surface area contributed by atoms with E-state index in [0.29, 0.717) is 43.5 Å². The Labute approximate surface area is 189 Å². The zero-order valence-electron chi connectivity index (χ0n) is 19.0. The number of likely N-dealkylation sites (tertiary alicyclic amines) is 1. The van der Waals surface area contributed by atoms with Gasteiger partial charge in [0.1, 0.15) is 0 Å². The lowest BCUT2D eigenvalue weighted by Crippen LogP contribution is -2.46. The molecule has 2 amide bonds. The average molecular weight is 440 g/mol. The first-order valence-corrected chi connectivity index (χ1v) is 11.7. The van der Waals surface area contributed by atoms with Crippen molar-refractivity contribution in [2.24, 2.45) is 11.8 Å². The Bertz CT molecular complexity index is 927. The Morgan fingerprint density at radius 2 is 1.91 bits per heavy atom. The van der Waals surface area contributed by atoms with E-state index in [1.807, 2.05) is 6.07 Å². The fourth-order valence-corrected chi connectivity index (χ4v) is 4.81. The molecule has 0 spiro atoms. The predicted octanol–water partition coefficient (Wildman–Crippen LogP) is 3.42. The first-order chi connectivity index (χ1) is 15.6. The third-order valence-corrected chi connectivity index (χ3v) is 6.98. The molecule has 2 aromatic rings. The van der Waals surface area contributed by atoms with Gasteiger partial charge in [0, 0.05) is 42.9 Å². The molecule has 2 aliphatic rings. The van der Waals surface area contributed by atoms with Crippen molar-refractivity contribution in [3.8, 4) is 17.1 Å². The van der Waals surface area contributed by atoms with Crippen LogP contribution in [0.15, 0.2) is 24.4 Å². The summed E-state index contributed by atoms with van der Waals surface area (Å²) in [6, 6.07) is 5.70. The summed E-state index contributed by atoms with van der Waals surface area (Å²) in [6.45, 7) is 3.40. The van der Waals surface area contributed by atoms with Gasteiger partial charge in [0.2, 0.25) is 11.8 Å². The summed E-state index contributed by atoms with van der Waals surface area (Å²) in [7, 11) is 1.56. The number of amides is 2. The highest BCUT2D eigenvalue weighted by Gasteiger charge is 2.30. The number of hydrogen-bond donors (Lipinski definition) is 2. The van der Waals surface area contributed by atoms with Gasteiger partial charge in [-0.25, -0.2) is 4.98 Å². The lowest BCUT2D eigenvalue weighted by atomic mass is 9.84. The molecule has 3 heterocycles. The number of pyridine rings is 1. The molecule has 0 atom stereocenters. The summed E-state index contributed by atoms with van der Waals surface area (Å²) in [4.78, 5) is 31.5. The van der Waals surface area contributed by atoms with E-state index in [1.54, 1.807) is 30.3 Å². The van der Waals surface area contributed by atoms with Gasteiger partial charge in [0.05, 0.1) is 12.8 Å². The van der Waals surface area contributed by atoms with Gasteiger partial charge >= 0.3 is 0 Å². The van der Waals surface area contributed by atoms with Crippen LogP contribution in [0.3, 0.4) is 0 Å². The first kappa shape index (κ1) is 22.3. The molecule has 1 saturated heterocycles. The Balaban J connectivity index is 1.28. The van der Waals surface area contributed by atoms with Crippen LogP contribution in [-0.4, -0.2) is 58.1 Å². The molecular formula is C24H33N5O3. The average Bonchev–Trinajstić information content (AvgIpc) is 3.34. The quantitative estimate of drug-likeness (QED) is 0.718. The Morgan fingerprint density at radius 1 is 1.16 bits per heavy atom. The third kappa shape index (κ3) is 5.11. The number of nitrogens with zero attached hydrogens (tertiary/aromatic N) is 3. The lowest BCUT2D eigenvalue weighted by molar-refractivity contribution is -0.127. The summed E-state index contributed by atoms with van der Waals surface area (Å²) < 4.78 is 5.16. The van der Waals surface area contributed by atoms with E-state index >= 15 is 0 Å². The number of rotatable bonds is 6. The van der Waals surface area contributed by atoms with E-state index in [9.17, 15) is 9.59 Å². The zero-order valence-corrected chi connectivity index (χ0v) is 19.0. The van der Waals surface area contributed by atoms with Crippen LogP contribution in [0.25, 0.3) is 11.3 Å². The van der Waals surface area contributed by atoms with Gasteiger partial charge in [-0.2, -0.15) is 5.10 Å². The summed E-state index contributed by atoms with van der Waals surface area (Å²) in [6.07, 6.45) is 8.89. The minimum atomic E-state index is -0.106. The molecule has 0 aromatic carbocycles. The molecule has 172 valence electrons. The maximum Gasteiger partial charge on any atom is 0.274 e. The van der Waals surface area contributed by atoms with Gasteiger partial charge < -0.3 is 15.0 Å². The van der Waals surface area contributed by atoms with Crippen LogP contribution in [0, 0.1) is 11.8 Å². The largest absolute Gasteiger partial charge is 0.481 e. The van der Waals surface area contributed by atoms with Crippen molar-refractivity contribution < 1.29 is 14.3 Å².